The SMILES string of the molecule is Cc1ccc2c(c1)cc(C)n2C(=O)C1=CSC(c2cccnc2)N1. The highest BCUT2D eigenvalue weighted by atomic mass is 32.2. The first-order chi connectivity index (χ1) is 11.6. The fourth-order valence-electron chi connectivity index (χ4n) is 3.01. The number of benzene rings is 1. The number of fused-ring (bicyclic) bond motifs is 1. The zero-order valence-corrected chi connectivity index (χ0v) is 14.3. The van der Waals surface area contributed by atoms with Crippen molar-refractivity contribution in [2.75, 3.05) is 0 Å². The molecule has 4 nitrogen and oxygen atoms in total. The quantitative estimate of drug-likeness (QED) is 0.763. The van der Waals surface area contributed by atoms with E-state index >= 15 is 0 Å². The number of aryl methyl sites for hydroxylation is 2. The van der Waals surface area contributed by atoms with E-state index in [-0.39, 0.29) is 11.3 Å². The Morgan fingerprint density at radius 2 is 2.12 bits per heavy atom. The third-order valence-electron chi connectivity index (χ3n) is 4.17. The Kier molecular flexibility index (Phi) is 3.65. The first-order valence-electron chi connectivity index (χ1n) is 7.79. The Morgan fingerprint density at radius 1 is 1.25 bits per heavy atom. The number of pyridine rings is 1. The molecule has 1 atom stereocenters. The van der Waals surface area contributed by atoms with Crippen LogP contribution in [0, 0.1) is 13.8 Å². The summed E-state index contributed by atoms with van der Waals surface area (Å²) in [6.07, 6.45) is 3.57. The smallest absolute Gasteiger partial charge is 0.279 e. The van der Waals surface area contributed by atoms with E-state index in [9.17, 15) is 4.79 Å². The zero-order valence-electron chi connectivity index (χ0n) is 13.5. The van der Waals surface area contributed by atoms with E-state index in [1.807, 2.05) is 42.8 Å². The van der Waals surface area contributed by atoms with Gasteiger partial charge in [-0.25, -0.2) is 0 Å². The van der Waals surface area contributed by atoms with Crippen molar-refractivity contribution in [2.24, 2.45) is 0 Å². The molecule has 0 saturated carbocycles. The van der Waals surface area contributed by atoms with Crippen molar-refractivity contribution in [3.63, 3.8) is 0 Å². The van der Waals surface area contributed by atoms with Gasteiger partial charge in [0.1, 0.15) is 11.1 Å². The molecule has 0 aliphatic carbocycles. The Morgan fingerprint density at radius 3 is 2.92 bits per heavy atom. The summed E-state index contributed by atoms with van der Waals surface area (Å²) in [7, 11) is 0. The predicted octanol–water partition coefficient (Wildman–Crippen LogP) is 4.17. The molecule has 24 heavy (non-hydrogen) atoms. The maximum atomic E-state index is 13.0. The topological polar surface area (TPSA) is 46.9 Å². The molecule has 0 spiro atoms. The van der Waals surface area contributed by atoms with Crippen molar-refractivity contribution >= 4 is 28.6 Å². The zero-order chi connectivity index (χ0) is 16.7. The molecular weight excluding hydrogens is 318 g/mol. The van der Waals surface area contributed by atoms with Gasteiger partial charge in [0.05, 0.1) is 5.52 Å². The summed E-state index contributed by atoms with van der Waals surface area (Å²) in [6.45, 7) is 4.03. The number of nitrogens with one attached hydrogen (secondary N) is 1. The fourth-order valence-corrected chi connectivity index (χ4v) is 3.95. The lowest BCUT2D eigenvalue weighted by Gasteiger charge is -2.13. The van der Waals surface area contributed by atoms with Crippen LogP contribution >= 0.6 is 11.8 Å². The van der Waals surface area contributed by atoms with E-state index in [1.165, 1.54) is 5.56 Å². The minimum Gasteiger partial charge on any atom is -0.364 e. The Hall–Kier alpha value is -2.53. The van der Waals surface area contributed by atoms with Gasteiger partial charge in [0.2, 0.25) is 0 Å². The number of carbonyl (C=O) groups excluding carboxylic acids is 1. The Balaban J connectivity index is 1.65. The third-order valence-corrected chi connectivity index (χ3v) is 5.20. The molecule has 0 amide bonds. The molecule has 3 aromatic rings. The van der Waals surface area contributed by atoms with Crippen molar-refractivity contribution in [3.8, 4) is 0 Å². The summed E-state index contributed by atoms with van der Waals surface area (Å²) >= 11 is 1.60. The molecule has 0 radical (unpaired) electrons. The van der Waals surface area contributed by atoms with E-state index in [2.05, 4.69) is 29.4 Å². The number of carbonyl (C=O) groups is 1. The van der Waals surface area contributed by atoms with E-state index in [4.69, 9.17) is 0 Å². The normalized spacial score (nSPS) is 16.9. The van der Waals surface area contributed by atoms with E-state index in [0.717, 1.165) is 22.2 Å². The highest BCUT2D eigenvalue weighted by Gasteiger charge is 2.25. The second-order valence-corrected chi connectivity index (χ2v) is 6.95. The molecule has 0 saturated heterocycles. The first kappa shape index (κ1) is 15.0. The van der Waals surface area contributed by atoms with Gasteiger partial charge in [-0.2, -0.15) is 0 Å². The summed E-state index contributed by atoms with van der Waals surface area (Å²) in [4.78, 5) is 17.2. The summed E-state index contributed by atoms with van der Waals surface area (Å²) in [5, 5.41) is 6.34. The largest absolute Gasteiger partial charge is 0.364 e. The van der Waals surface area contributed by atoms with Crippen LogP contribution in [0.25, 0.3) is 10.9 Å². The average Bonchev–Trinajstić information content (AvgIpc) is 3.19. The number of hydrogen-bond acceptors (Lipinski definition) is 4. The molecule has 1 aliphatic heterocycles. The lowest BCUT2D eigenvalue weighted by Crippen LogP contribution is -2.24. The number of aromatic nitrogens is 2. The monoisotopic (exact) mass is 335 g/mol. The third kappa shape index (κ3) is 2.51. The highest BCUT2D eigenvalue weighted by molar-refractivity contribution is 8.02. The molecule has 5 heteroatoms. The van der Waals surface area contributed by atoms with Gasteiger partial charge < -0.3 is 5.32 Å². The number of nitrogens with zero attached hydrogens (tertiary/aromatic N) is 2. The maximum absolute atomic E-state index is 13.0. The van der Waals surface area contributed by atoms with Crippen LogP contribution in [-0.2, 0) is 0 Å². The molecule has 120 valence electrons. The van der Waals surface area contributed by atoms with Crippen LogP contribution in [0.5, 0.6) is 0 Å². The fraction of sp³-hybridized carbons (Fsp3) is 0.158. The van der Waals surface area contributed by atoms with Crippen molar-refractivity contribution in [1.29, 1.82) is 0 Å². The number of thioether (sulfide) groups is 1. The van der Waals surface area contributed by atoms with Crippen LogP contribution in [0.15, 0.2) is 59.9 Å². The first-order valence-corrected chi connectivity index (χ1v) is 8.73. The molecule has 1 unspecified atom stereocenters. The van der Waals surface area contributed by atoms with Crippen LogP contribution in [0.4, 0.5) is 0 Å². The second-order valence-electron chi connectivity index (χ2n) is 5.97. The van der Waals surface area contributed by atoms with Crippen molar-refractivity contribution < 1.29 is 4.79 Å². The second kappa shape index (κ2) is 5.83. The van der Waals surface area contributed by atoms with Crippen molar-refractivity contribution in [1.82, 2.24) is 14.9 Å². The minimum atomic E-state index is -0.0229. The minimum absolute atomic E-state index is 0.0229. The standard InChI is InChI=1S/C19H17N3OS/c1-12-5-6-17-15(8-12)9-13(2)22(17)19(23)16-11-24-18(21-16)14-4-3-7-20-10-14/h3-11,18,21H,1-2H3. The maximum Gasteiger partial charge on any atom is 0.279 e. The van der Waals surface area contributed by atoms with Gasteiger partial charge in [0.15, 0.2) is 0 Å². The van der Waals surface area contributed by atoms with Gasteiger partial charge in [0.25, 0.3) is 5.91 Å². The van der Waals surface area contributed by atoms with Gasteiger partial charge in [0, 0.05) is 34.4 Å². The average molecular weight is 335 g/mol. The summed E-state index contributed by atoms with van der Waals surface area (Å²) in [5.74, 6) is -0.0229. The molecule has 1 aromatic carbocycles. The molecule has 4 rings (SSSR count). The molecule has 1 aliphatic rings. The van der Waals surface area contributed by atoms with E-state index < -0.39 is 0 Å². The van der Waals surface area contributed by atoms with Gasteiger partial charge in [-0.3, -0.25) is 14.3 Å². The lowest BCUT2D eigenvalue weighted by atomic mass is 10.2. The Bertz CT molecular complexity index is 959. The molecule has 0 fully saturated rings. The molecule has 2 aromatic heterocycles. The van der Waals surface area contributed by atoms with E-state index in [0.29, 0.717) is 5.70 Å². The highest BCUT2D eigenvalue weighted by Crippen LogP contribution is 2.34. The van der Waals surface area contributed by atoms with Gasteiger partial charge in [-0.05, 0) is 38.1 Å². The van der Waals surface area contributed by atoms with Crippen LogP contribution in [0.2, 0.25) is 0 Å². The van der Waals surface area contributed by atoms with Crippen LogP contribution in [0.3, 0.4) is 0 Å². The summed E-state index contributed by atoms with van der Waals surface area (Å²) in [6, 6.07) is 12.1. The van der Waals surface area contributed by atoms with Crippen molar-refractivity contribution in [3.05, 3.63) is 76.7 Å². The van der Waals surface area contributed by atoms with E-state index in [1.54, 1.807) is 22.5 Å². The molecule has 0 bridgehead atoms. The molecular formula is C19H17N3OS. The molecule has 3 heterocycles. The van der Waals surface area contributed by atoms with Crippen LogP contribution < -0.4 is 5.32 Å². The Labute approximate surface area is 144 Å². The summed E-state index contributed by atoms with van der Waals surface area (Å²) in [5.41, 5.74) is 4.76. The van der Waals surface area contributed by atoms with Crippen molar-refractivity contribution in [2.45, 2.75) is 19.2 Å². The predicted molar refractivity (Wildman–Crippen MR) is 97.8 cm³/mol. The number of hydrogen-bond donors (Lipinski definition) is 1. The number of allylic oxidation sites excluding steroid dienone is 1. The number of rotatable bonds is 2. The van der Waals surface area contributed by atoms with Gasteiger partial charge in [-0.15, -0.1) is 11.8 Å². The van der Waals surface area contributed by atoms with Gasteiger partial charge in [-0.1, -0.05) is 17.7 Å². The lowest BCUT2D eigenvalue weighted by molar-refractivity contribution is 0.0950. The molecule has 1 N–H and O–H groups in total. The van der Waals surface area contributed by atoms with Gasteiger partial charge >= 0.3 is 0 Å². The van der Waals surface area contributed by atoms with Crippen LogP contribution in [-0.4, -0.2) is 15.5 Å². The van der Waals surface area contributed by atoms with Crippen LogP contribution in [0.1, 0.15) is 27.0 Å². The summed E-state index contributed by atoms with van der Waals surface area (Å²) < 4.78 is 1.78.